The van der Waals surface area contributed by atoms with Crippen molar-refractivity contribution in [3.05, 3.63) is 40.2 Å². The van der Waals surface area contributed by atoms with Crippen molar-refractivity contribution in [2.75, 3.05) is 29.9 Å². The van der Waals surface area contributed by atoms with Gasteiger partial charge in [0.25, 0.3) is 5.91 Å². The zero-order chi connectivity index (χ0) is 16.4. The second-order valence-corrected chi connectivity index (χ2v) is 6.22. The third-order valence-electron chi connectivity index (χ3n) is 3.83. The van der Waals surface area contributed by atoms with Gasteiger partial charge in [0, 0.05) is 19.6 Å². The SMILES string of the molecule is CCN1CCN(c2ccc(NC(=O)c3sccc3C)cn2)C1=O. The molecule has 0 bridgehead atoms. The van der Waals surface area contributed by atoms with Crippen molar-refractivity contribution in [2.45, 2.75) is 13.8 Å². The molecule has 0 radical (unpaired) electrons. The number of nitrogens with zero attached hydrogens (tertiary/aromatic N) is 3. The highest BCUT2D eigenvalue weighted by molar-refractivity contribution is 7.12. The van der Waals surface area contributed by atoms with Crippen molar-refractivity contribution in [1.82, 2.24) is 9.88 Å². The lowest BCUT2D eigenvalue weighted by Crippen LogP contribution is -2.32. The average molecular weight is 330 g/mol. The Morgan fingerprint density at radius 2 is 2.17 bits per heavy atom. The molecule has 1 saturated heterocycles. The Morgan fingerprint density at radius 3 is 2.74 bits per heavy atom. The summed E-state index contributed by atoms with van der Waals surface area (Å²) in [5.74, 6) is 0.470. The van der Waals surface area contributed by atoms with Crippen molar-refractivity contribution in [3.8, 4) is 0 Å². The Balaban J connectivity index is 1.69. The van der Waals surface area contributed by atoms with Gasteiger partial charge in [-0.25, -0.2) is 9.78 Å². The summed E-state index contributed by atoms with van der Waals surface area (Å²) in [6, 6.07) is 5.42. The van der Waals surface area contributed by atoms with Crippen LogP contribution in [0.5, 0.6) is 0 Å². The summed E-state index contributed by atoms with van der Waals surface area (Å²) in [4.78, 5) is 32.7. The molecule has 3 heterocycles. The molecule has 1 N–H and O–H groups in total. The number of pyridine rings is 1. The van der Waals surface area contributed by atoms with Crippen molar-refractivity contribution in [2.24, 2.45) is 0 Å². The number of aryl methyl sites for hydroxylation is 1. The van der Waals surface area contributed by atoms with Gasteiger partial charge in [0.15, 0.2) is 0 Å². The summed E-state index contributed by atoms with van der Waals surface area (Å²) in [6.07, 6.45) is 1.58. The van der Waals surface area contributed by atoms with Crippen LogP contribution in [-0.2, 0) is 0 Å². The van der Waals surface area contributed by atoms with Crippen LogP contribution in [-0.4, -0.2) is 41.5 Å². The van der Waals surface area contributed by atoms with E-state index in [-0.39, 0.29) is 11.9 Å². The summed E-state index contributed by atoms with van der Waals surface area (Å²) in [5.41, 5.74) is 1.57. The largest absolute Gasteiger partial charge is 0.325 e. The molecule has 1 fully saturated rings. The number of urea groups is 1. The monoisotopic (exact) mass is 330 g/mol. The molecule has 1 aliphatic rings. The first-order valence-corrected chi connectivity index (χ1v) is 8.36. The smallest absolute Gasteiger partial charge is 0.323 e. The van der Waals surface area contributed by atoms with Crippen LogP contribution in [0.2, 0.25) is 0 Å². The molecule has 120 valence electrons. The number of amides is 3. The zero-order valence-corrected chi connectivity index (χ0v) is 13.9. The molecule has 2 aromatic rings. The summed E-state index contributed by atoms with van der Waals surface area (Å²) in [5, 5.41) is 4.72. The van der Waals surface area contributed by atoms with Gasteiger partial charge >= 0.3 is 6.03 Å². The van der Waals surface area contributed by atoms with E-state index in [1.807, 2.05) is 25.3 Å². The van der Waals surface area contributed by atoms with Gasteiger partial charge in [-0.05, 0) is 43.0 Å². The second kappa shape index (κ2) is 6.37. The Bertz CT molecular complexity index is 726. The molecular weight excluding hydrogens is 312 g/mol. The van der Waals surface area contributed by atoms with Gasteiger partial charge in [0.1, 0.15) is 5.82 Å². The van der Waals surface area contributed by atoms with E-state index in [1.54, 1.807) is 28.1 Å². The number of thiophene rings is 1. The molecule has 0 aromatic carbocycles. The van der Waals surface area contributed by atoms with Crippen LogP contribution in [0.3, 0.4) is 0 Å². The van der Waals surface area contributed by atoms with Gasteiger partial charge in [-0.2, -0.15) is 0 Å². The molecule has 6 nitrogen and oxygen atoms in total. The van der Waals surface area contributed by atoms with Gasteiger partial charge in [-0.3, -0.25) is 9.69 Å². The van der Waals surface area contributed by atoms with Gasteiger partial charge < -0.3 is 10.2 Å². The first-order chi connectivity index (χ1) is 11.1. The summed E-state index contributed by atoms with van der Waals surface area (Å²) < 4.78 is 0. The molecule has 23 heavy (non-hydrogen) atoms. The first kappa shape index (κ1) is 15.5. The number of carbonyl (C=O) groups excluding carboxylic acids is 2. The quantitative estimate of drug-likeness (QED) is 0.937. The van der Waals surface area contributed by atoms with Gasteiger partial charge in [-0.1, -0.05) is 0 Å². The van der Waals surface area contributed by atoms with Crippen LogP contribution >= 0.6 is 11.3 Å². The van der Waals surface area contributed by atoms with E-state index in [2.05, 4.69) is 10.3 Å². The Kier molecular flexibility index (Phi) is 4.29. The minimum absolute atomic E-state index is 0.0222. The second-order valence-electron chi connectivity index (χ2n) is 5.31. The van der Waals surface area contributed by atoms with Crippen LogP contribution in [0.25, 0.3) is 0 Å². The molecule has 2 aromatic heterocycles. The van der Waals surface area contributed by atoms with E-state index in [4.69, 9.17) is 0 Å². The molecule has 0 aliphatic carbocycles. The number of anilines is 2. The number of carbonyl (C=O) groups is 2. The predicted molar refractivity (Wildman–Crippen MR) is 91.2 cm³/mol. The molecule has 3 amide bonds. The van der Waals surface area contributed by atoms with E-state index in [0.29, 0.717) is 36.0 Å². The molecule has 0 spiro atoms. The standard InChI is InChI=1S/C16H18N4O2S/c1-3-19-7-8-20(16(19)22)13-5-4-12(10-17-13)18-15(21)14-11(2)6-9-23-14/h4-6,9-10H,3,7-8H2,1-2H3,(H,18,21). The fourth-order valence-electron chi connectivity index (χ4n) is 2.50. The van der Waals surface area contributed by atoms with Gasteiger partial charge in [0.05, 0.1) is 16.8 Å². The third kappa shape index (κ3) is 3.05. The van der Waals surface area contributed by atoms with E-state index >= 15 is 0 Å². The fourth-order valence-corrected chi connectivity index (χ4v) is 3.32. The van der Waals surface area contributed by atoms with Crippen molar-refractivity contribution < 1.29 is 9.59 Å². The van der Waals surface area contributed by atoms with E-state index < -0.39 is 0 Å². The number of hydrogen-bond donors (Lipinski definition) is 1. The van der Waals surface area contributed by atoms with E-state index in [0.717, 1.165) is 5.56 Å². The Hall–Kier alpha value is -2.41. The number of rotatable bonds is 4. The first-order valence-electron chi connectivity index (χ1n) is 7.48. The molecule has 1 aliphatic heterocycles. The normalized spacial score (nSPS) is 14.4. The maximum Gasteiger partial charge on any atom is 0.325 e. The number of nitrogens with one attached hydrogen (secondary N) is 1. The van der Waals surface area contributed by atoms with Crippen molar-refractivity contribution in [1.29, 1.82) is 0 Å². The molecular formula is C16H18N4O2S. The lowest BCUT2D eigenvalue weighted by Gasteiger charge is -2.16. The lowest BCUT2D eigenvalue weighted by atomic mass is 10.3. The molecule has 0 unspecified atom stereocenters. The highest BCUT2D eigenvalue weighted by Gasteiger charge is 2.28. The Morgan fingerprint density at radius 1 is 1.35 bits per heavy atom. The maximum absolute atomic E-state index is 12.2. The number of hydrogen-bond acceptors (Lipinski definition) is 4. The maximum atomic E-state index is 12.2. The van der Waals surface area contributed by atoms with E-state index in [1.165, 1.54) is 11.3 Å². The summed E-state index contributed by atoms with van der Waals surface area (Å²) >= 11 is 1.41. The van der Waals surface area contributed by atoms with Crippen LogP contribution < -0.4 is 10.2 Å². The van der Waals surface area contributed by atoms with Gasteiger partial charge in [0.2, 0.25) is 0 Å². The molecule has 0 atom stereocenters. The molecule has 7 heteroatoms. The highest BCUT2D eigenvalue weighted by atomic mass is 32.1. The van der Waals surface area contributed by atoms with E-state index in [9.17, 15) is 9.59 Å². The topological polar surface area (TPSA) is 65.5 Å². The number of likely N-dealkylation sites (N-methyl/N-ethyl adjacent to an activating group) is 1. The third-order valence-corrected chi connectivity index (χ3v) is 4.84. The average Bonchev–Trinajstić information content (AvgIpc) is 3.14. The van der Waals surface area contributed by atoms with Crippen molar-refractivity contribution in [3.63, 3.8) is 0 Å². The van der Waals surface area contributed by atoms with Crippen LogP contribution in [0, 0.1) is 6.92 Å². The predicted octanol–water partition coefficient (Wildman–Crippen LogP) is 2.97. The highest BCUT2D eigenvalue weighted by Crippen LogP contribution is 2.21. The number of aromatic nitrogens is 1. The minimum atomic E-state index is -0.138. The van der Waals surface area contributed by atoms with Crippen molar-refractivity contribution >= 4 is 34.8 Å². The van der Waals surface area contributed by atoms with Gasteiger partial charge in [-0.15, -0.1) is 11.3 Å². The van der Waals surface area contributed by atoms with Crippen LogP contribution in [0.15, 0.2) is 29.8 Å². The minimum Gasteiger partial charge on any atom is -0.323 e. The van der Waals surface area contributed by atoms with Crippen LogP contribution in [0.1, 0.15) is 22.2 Å². The summed E-state index contributed by atoms with van der Waals surface area (Å²) in [7, 11) is 0. The summed E-state index contributed by atoms with van der Waals surface area (Å²) in [6.45, 7) is 5.92. The zero-order valence-electron chi connectivity index (χ0n) is 13.1. The van der Waals surface area contributed by atoms with Crippen LogP contribution in [0.4, 0.5) is 16.3 Å². The fraction of sp³-hybridized carbons (Fsp3) is 0.312. The lowest BCUT2D eigenvalue weighted by molar-refractivity contribution is 0.103. The molecule has 0 saturated carbocycles. The molecule has 3 rings (SSSR count). The Labute approximate surface area is 138 Å².